The molecule has 2 aromatic carbocycles. The molecule has 0 fully saturated rings. The van der Waals surface area contributed by atoms with Crippen LogP contribution in [0.3, 0.4) is 0 Å². The number of ether oxygens (including phenoxy) is 1. The summed E-state index contributed by atoms with van der Waals surface area (Å²) in [6.45, 7) is 2.54. The van der Waals surface area contributed by atoms with Crippen LogP contribution >= 0.6 is 0 Å². The van der Waals surface area contributed by atoms with E-state index in [4.69, 9.17) is 4.74 Å². The van der Waals surface area contributed by atoms with E-state index in [2.05, 4.69) is 5.32 Å². The highest BCUT2D eigenvalue weighted by atomic mass is 32.2. The highest BCUT2D eigenvalue weighted by Crippen LogP contribution is 2.29. The normalized spacial score (nSPS) is 11.5. The molecule has 2 rings (SSSR count). The Morgan fingerprint density at radius 2 is 1.92 bits per heavy atom. The van der Waals surface area contributed by atoms with Crippen LogP contribution in [0.5, 0.6) is 5.75 Å². The first-order valence-corrected chi connectivity index (χ1v) is 8.96. The van der Waals surface area contributed by atoms with Gasteiger partial charge in [0.15, 0.2) is 0 Å². The van der Waals surface area contributed by atoms with Crippen LogP contribution in [0.4, 0.5) is 10.1 Å². The molecule has 0 saturated carbocycles. The predicted molar refractivity (Wildman–Crippen MR) is 92.2 cm³/mol. The van der Waals surface area contributed by atoms with Gasteiger partial charge in [-0.05, 0) is 42.8 Å². The zero-order valence-corrected chi connectivity index (χ0v) is 14.7. The van der Waals surface area contributed by atoms with Crippen LogP contribution in [-0.4, -0.2) is 33.4 Å². The first-order valence-electron chi connectivity index (χ1n) is 7.52. The minimum atomic E-state index is -3.63. The standard InChI is InChI=1S/C17H21FN2O3S/c1-4-23-16-9-8-15(11-17(16)24(21,22)20(2)3)19-12-13-6-5-7-14(18)10-13/h5-11,19H,4,12H2,1-3H3. The van der Waals surface area contributed by atoms with Crippen molar-refractivity contribution in [2.45, 2.75) is 18.4 Å². The fourth-order valence-electron chi connectivity index (χ4n) is 2.14. The van der Waals surface area contributed by atoms with E-state index in [0.717, 1.165) is 9.87 Å². The Labute approximate surface area is 142 Å². The molecule has 0 aliphatic rings. The maximum Gasteiger partial charge on any atom is 0.246 e. The van der Waals surface area contributed by atoms with E-state index >= 15 is 0 Å². The SMILES string of the molecule is CCOc1ccc(NCc2cccc(F)c2)cc1S(=O)(=O)N(C)C. The highest BCUT2D eigenvalue weighted by molar-refractivity contribution is 7.89. The van der Waals surface area contributed by atoms with E-state index in [-0.39, 0.29) is 10.7 Å². The fraction of sp³-hybridized carbons (Fsp3) is 0.294. The fourth-order valence-corrected chi connectivity index (χ4v) is 3.19. The Kier molecular flexibility index (Phi) is 5.80. The summed E-state index contributed by atoms with van der Waals surface area (Å²) in [5.41, 5.74) is 1.38. The Morgan fingerprint density at radius 3 is 2.54 bits per heavy atom. The lowest BCUT2D eigenvalue weighted by atomic mass is 10.2. The van der Waals surface area contributed by atoms with Gasteiger partial charge in [0.05, 0.1) is 6.61 Å². The number of nitrogens with one attached hydrogen (secondary N) is 1. The van der Waals surface area contributed by atoms with Crippen molar-refractivity contribution in [2.24, 2.45) is 0 Å². The molecule has 0 amide bonds. The minimum Gasteiger partial charge on any atom is -0.492 e. The van der Waals surface area contributed by atoms with Crippen molar-refractivity contribution < 1.29 is 17.5 Å². The second-order valence-electron chi connectivity index (χ2n) is 5.37. The van der Waals surface area contributed by atoms with Crippen LogP contribution in [-0.2, 0) is 16.6 Å². The molecule has 5 nitrogen and oxygen atoms in total. The molecule has 7 heteroatoms. The van der Waals surface area contributed by atoms with E-state index < -0.39 is 10.0 Å². The molecule has 130 valence electrons. The maximum absolute atomic E-state index is 13.2. The summed E-state index contributed by atoms with van der Waals surface area (Å²) in [6.07, 6.45) is 0. The Bertz CT molecular complexity index is 807. The maximum atomic E-state index is 13.2. The third kappa shape index (κ3) is 4.24. The van der Waals surface area contributed by atoms with Crippen LogP contribution in [0.2, 0.25) is 0 Å². The molecule has 0 aliphatic heterocycles. The summed E-state index contributed by atoms with van der Waals surface area (Å²) in [4.78, 5) is 0.0959. The van der Waals surface area contributed by atoms with Gasteiger partial charge in [0.25, 0.3) is 0 Å². The molecule has 0 unspecified atom stereocenters. The molecule has 0 spiro atoms. The van der Waals surface area contributed by atoms with E-state index in [1.807, 2.05) is 0 Å². The average Bonchev–Trinajstić information content (AvgIpc) is 2.54. The third-order valence-electron chi connectivity index (χ3n) is 3.39. The van der Waals surface area contributed by atoms with Crippen molar-refractivity contribution in [3.63, 3.8) is 0 Å². The van der Waals surface area contributed by atoms with Gasteiger partial charge in [0, 0.05) is 26.3 Å². The lowest BCUT2D eigenvalue weighted by molar-refractivity contribution is 0.330. The van der Waals surface area contributed by atoms with E-state index in [9.17, 15) is 12.8 Å². The lowest BCUT2D eigenvalue weighted by Crippen LogP contribution is -2.23. The molecule has 0 radical (unpaired) electrons. The molecule has 0 saturated heterocycles. The van der Waals surface area contributed by atoms with Gasteiger partial charge in [-0.25, -0.2) is 17.1 Å². The minimum absolute atomic E-state index is 0.0959. The second kappa shape index (κ2) is 7.63. The Hall–Kier alpha value is -2.12. The van der Waals surface area contributed by atoms with Crippen molar-refractivity contribution in [3.8, 4) is 5.75 Å². The first-order chi connectivity index (χ1) is 11.3. The topological polar surface area (TPSA) is 58.6 Å². The second-order valence-corrected chi connectivity index (χ2v) is 7.49. The summed E-state index contributed by atoms with van der Waals surface area (Å²) in [7, 11) is -0.693. The molecule has 0 atom stereocenters. The summed E-state index contributed by atoms with van der Waals surface area (Å²) in [6, 6.07) is 11.1. The van der Waals surface area contributed by atoms with Gasteiger partial charge < -0.3 is 10.1 Å². The zero-order chi connectivity index (χ0) is 17.7. The van der Waals surface area contributed by atoms with Crippen molar-refractivity contribution in [3.05, 3.63) is 53.8 Å². The largest absolute Gasteiger partial charge is 0.492 e. The summed E-state index contributed by atoms with van der Waals surface area (Å²) in [5.74, 6) is -0.000580. The average molecular weight is 352 g/mol. The quantitative estimate of drug-likeness (QED) is 0.832. The molecule has 0 heterocycles. The number of benzene rings is 2. The molecule has 1 N–H and O–H groups in total. The first kappa shape index (κ1) is 18.2. The summed E-state index contributed by atoms with van der Waals surface area (Å²) < 4.78 is 44.7. The number of anilines is 1. The van der Waals surface area contributed by atoms with E-state index in [0.29, 0.717) is 24.6 Å². The van der Waals surface area contributed by atoms with Gasteiger partial charge in [-0.3, -0.25) is 0 Å². The summed E-state index contributed by atoms with van der Waals surface area (Å²) in [5, 5.41) is 3.10. The van der Waals surface area contributed by atoms with Crippen LogP contribution < -0.4 is 10.1 Å². The van der Waals surface area contributed by atoms with Gasteiger partial charge in [-0.15, -0.1) is 0 Å². The van der Waals surface area contributed by atoms with Gasteiger partial charge >= 0.3 is 0 Å². The smallest absolute Gasteiger partial charge is 0.246 e. The van der Waals surface area contributed by atoms with Crippen LogP contribution in [0, 0.1) is 5.82 Å². The Morgan fingerprint density at radius 1 is 1.17 bits per heavy atom. The third-order valence-corrected chi connectivity index (χ3v) is 5.22. The van der Waals surface area contributed by atoms with Crippen molar-refractivity contribution in [1.29, 1.82) is 0 Å². The molecule has 0 aromatic heterocycles. The molecule has 0 aliphatic carbocycles. The van der Waals surface area contributed by atoms with E-state index in [1.165, 1.54) is 32.3 Å². The molecule has 24 heavy (non-hydrogen) atoms. The number of sulfonamides is 1. The van der Waals surface area contributed by atoms with Gasteiger partial charge in [-0.1, -0.05) is 12.1 Å². The van der Waals surface area contributed by atoms with Gasteiger partial charge in [-0.2, -0.15) is 0 Å². The van der Waals surface area contributed by atoms with E-state index in [1.54, 1.807) is 31.2 Å². The van der Waals surface area contributed by atoms with Gasteiger partial charge in [0.2, 0.25) is 10.0 Å². The lowest BCUT2D eigenvalue weighted by Gasteiger charge is -2.17. The zero-order valence-electron chi connectivity index (χ0n) is 13.9. The van der Waals surface area contributed by atoms with Crippen LogP contribution in [0.15, 0.2) is 47.4 Å². The number of hydrogen-bond donors (Lipinski definition) is 1. The molecular formula is C17H21FN2O3S. The number of rotatable bonds is 7. The van der Waals surface area contributed by atoms with Gasteiger partial charge in [0.1, 0.15) is 16.5 Å². The predicted octanol–water partition coefficient (Wildman–Crippen LogP) is 3.09. The monoisotopic (exact) mass is 352 g/mol. The van der Waals surface area contributed by atoms with Crippen LogP contribution in [0.25, 0.3) is 0 Å². The number of hydrogen-bond acceptors (Lipinski definition) is 4. The van der Waals surface area contributed by atoms with Crippen molar-refractivity contribution in [1.82, 2.24) is 4.31 Å². The molecule has 0 bridgehead atoms. The summed E-state index contributed by atoms with van der Waals surface area (Å²) >= 11 is 0. The Balaban J connectivity index is 2.29. The molecule has 2 aromatic rings. The van der Waals surface area contributed by atoms with Crippen molar-refractivity contribution >= 4 is 15.7 Å². The number of nitrogens with zero attached hydrogens (tertiary/aromatic N) is 1. The van der Waals surface area contributed by atoms with Crippen molar-refractivity contribution in [2.75, 3.05) is 26.0 Å². The van der Waals surface area contributed by atoms with Crippen LogP contribution in [0.1, 0.15) is 12.5 Å². The highest BCUT2D eigenvalue weighted by Gasteiger charge is 2.22. The number of halogens is 1. The molecular weight excluding hydrogens is 331 g/mol.